The second kappa shape index (κ2) is 8.39. The standard InChI is InChI=1S/C24H25NO3S/c25-29(26,27)22-14-15-23(24(16-22)19-8-4-5-9-19)20-10-12-21(13-11-20)28-17-18-6-2-1-3-7-18/h1-3,6-7,10-16,19H,4-5,8-9,17H2,(H2,25,26,27). The second-order valence-electron chi connectivity index (χ2n) is 7.57. The summed E-state index contributed by atoms with van der Waals surface area (Å²) in [5.41, 5.74) is 4.32. The maximum Gasteiger partial charge on any atom is 0.238 e. The summed E-state index contributed by atoms with van der Waals surface area (Å²) in [5.74, 6) is 1.18. The van der Waals surface area contributed by atoms with Crippen LogP contribution in [0.15, 0.2) is 77.7 Å². The summed E-state index contributed by atoms with van der Waals surface area (Å²) in [7, 11) is -3.71. The van der Waals surface area contributed by atoms with Gasteiger partial charge in [-0.1, -0.05) is 61.4 Å². The molecule has 0 unspecified atom stereocenters. The predicted octanol–water partition coefficient (Wildman–Crippen LogP) is 5.24. The van der Waals surface area contributed by atoms with E-state index in [0.717, 1.165) is 40.8 Å². The monoisotopic (exact) mass is 407 g/mol. The lowest BCUT2D eigenvalue weighted by Crippen LogP contribution is -2.13. The van der Waals surface area contributed by atoms with Gasteiger partial charge in [0, 0.05) is 0 Å². The van der Waals surface area contributed by atoms with Crippen molar-refractivity contribution in [1.29, 1.82) is 0 Å². The van der Waals surface area contributed by atoms with Crippen molar-refractivity contribution in [3.8, 4) is 16.9 Å². The topological polar surface area (TPSA) is 69.4 Å². The van der Waals surface area contributed by atoms with Gasteiger partial charge in [-0.15, -0.1) is 0 Å². The third kappa shape index (κ3) is 4.69. The van der Waals surface area contributed by atoms with Gasteiger partial charge in [-0.3, -0.25) is 0 Å². The van der Waals surface area contributed by atoms with Gasteiger partial charge in [0.15, 0.2) is 0 Å². The van der Waals surface area contributed by atoms with E-state index in [4.69, 9.17) is 9.88 Å². The van der Waals surface area contributed by atoms with Crippen LogP contribution < -0.4 is 9.88 Å². The molecule has 5 heteroatoms. The molecule has 1 saturated carbocycles. The fourth-order valence-corrected chi connectivity index (χ4v) is 4.58. The highest BCUT2D eigenvalue weighted by Gasteiger charge is 2.22. The summed E-state index contributed by atoms with van der Waals surface area (Å²) in [6.45, 7) is 0.524. The number of rotatable bonds is 6. The van der Waals surface area contributed by atoms with Crippen LogP contribution in [0.4, 0.5) is 0 Å². The van der Waals surface area contributed by atoms with Crippen LogP contribution in [0.5, 0.6) is 5.75 Å². The van der Waals surface area contributed by atoms with Crippen LogP contribution in [0.2, 0.25) is 0 Å². The number of ether oxygens (including phenoxy) is 1. The van der Waals surface area contributed by atoms with Crippen LogP contribution in [0.1, 0.15) is 42.7 Å². The lowest BCUT2D eigenvalue weighted by molar-refractivity contribution is 0.306. The maximum atomic E-state index is 11.8. The quantitative estimate of drug-likeness (QED) is 0.608. The van der Waals surface area contributed by atoms with Crippen molar-refractivity contribution < 1.29 is 13.2 Å². The van der Waals surface area contributed by atoms with Gasteiger partial charge >= 0.3 is 0 Å². The highest BCUT2D eigenvalue weighted by molar-refractivity contribution is 7.89. The molecule has 0 aliphatic heterocycles. The summed E-state index contributed by atoms with van der Waals surface area (Å²) >= 11 is 0. The summed E-state index contributed by atoms with van der Waals surface area (Å²) in [6.07, 6.45) is 4.52. The highest BCUT2D eigenvalue weighted by Crippen LogP contribution is 2.40. The van der Waals surface area contributed by atoms with E-state index in [2.05, 4.69) is 0 Å². The first-order valence-corrected chi connectivity index (χ1v) is 11.5. The lowest BCUT2D eigenvalue weighted by Gasteiger charge is -2.17. The average Bonchev–Trinajstić information content (AvgIpc) is 3.27. The van der Waals surface area contributed by atoms with Crippen LogP contribution in [-0.4, -0.2) is 8.42 Å². The molecule has 0 radical (unpaired) electrons. The Hall–Kier alpha value is -2.63. The molecule has 0 heterocycles. The fraction of sp³-hybridized carbons (Fsp3) is 0.250. The van der Waals surface area contributed by atoms with Crippen molar-refractivity contribution in [3.63, 3.8) is 0 Å². The average molecular weight is 408 g/mol. The van der Waals surface area contributed by atoms with Gasteiger partial charge < -0.3 is 4.74 Å². The molecule has 29 heavy (non-hydrogen) atoms. The summed E-state index contributed by atoms with van der Waals surface area (Å²) in [4.78, 5) is 0.186. The summed E-state index contributed by atoms with van der Waals surface area (Å²) < 4.78 is 29.6. The van der Waals surface area contributed by atoms with Gasteiger partial charge in [0.25, 0.3) is 0 Å². The summed E-state index contributed by atoms with van der Waals surface area (Å²) in [5, 5.41) is 5.37. The Labute approximate surface area is 172 Å². The number of primary sulfonamides is 1. The van der Waals surface area contributed by atoms with E-state index in [9.17, 15) is 8.42 Å². The Morgan fingerprint density at radius 3 is 2.24 bits per heavy atom. The van der Waals surface area contributed by atoms with Crippen molar-refractivity contribution in [2.24, 2.45) is 5.14 Å². The number of sulfonamides is 1. The van der Waals surface area contributed by atoms with Gasteiger partial charge in [0.05, 0.1) is 4.90 Å². The third-order valence-corrected chi connectivity index (χ3v) is 6.47. The molecule has 4 rings (SSSR count). The largest absolute Gasteiger partial charge is 0.489 e. The van der Waals surface area contributed by atoms with Gasteiger partial charge in [0.1, 0.15) is 12.4 Å². The number of benzene rings is 3. The van der Waals surface area contributed by atoms with Gasteiger partial charge in [-0.05, 0) is 65.3 Å². The molecule has 150 valence electrons. The zero-order valence-electron chi connectivity index (χ0n) is 16.3. The van der Waals surface area contributed by atoms with Crippen LogP contribution in [-0.2, 0) is 16.6 Å². The van der Waals surface area contributed by atoms with Crippen molar-refractivity contribution in [1.82, 2.24) is 0 Å². The minimum atomic E-state index is -3.71. The normalized spacial score (nSPS) is 14.8. The predicted molar refractivity (Wildman–Crippen MR) is 115 cm³/mol. The molecule has 0 bridgehead atoms. The molecular weight excluding hydrogens is 382 g/mol. The molecule has 0 atom stereocenters. The van der Waals surface area contributed by atoms with Crippen molar-refractivity contribution in [3.05, 3.63) is 83.9 Å². The second-order valence-corrected chi connectivity index (χ2v) is 9.14. The third-order valence-electron chi connectivity index (χ3n) is 5.56. The van der Waals surface area contributed by atoms with Crippen molar-refractivity contribution in [2.75, 3.05) is 0 Å². The Kier molecular flexibility index (Phi) is 5.69. The first kappa shape index (κ1) is 19.7. The van der Waals surface area contributed by atoms with E-state index in [1.54, 1.807) is 12.1 Å². The summed E-state index contributed by atoms with van der Waals surface area (Å²) in [6, 6.07) is 23.3. The van der Waals surface area contributed by atoms with Crippen molar-refractivity contribution >= 4 is 10.0 Å². The number of hydrogen-bond donors (Lipinski definition) is 1. The molecule has 0 saturated heterocycles. The van der Waals surface area contributed by atoms with Crippen LogP contribution in [0.25, 0.3) is 11.1 Å². The maximum absolute atomic E-state index is 11.8. The fourth-order valence-electron chi connectivity index (χ4n) is 4.03. The first-order valence-electron chi connectivity index (χ1n) is 9.94. The molecular formula is C24H25NO3S. The van der Waals surface area contributed by atoms with E-state index in [0.29, 0.717) is 12.5 Å². The first-order chi connectivity index (χ1) is 14.0. The SMILES string of the molecule is NS(=O)(=O)c1ccc(-c2ccc(OCc3ccccc3)cc2)c(C2CCCC2)c1. The number of hydrogen-bond acceptors (Lipinski definition) is 3. The minimum absolute atomic E-state index is 0.186. The molecule has 3 aromatic rings. The molecule has 1 aliphatic rings. The molecule has 1 aliphatic carbocycles. The van der Waals surface area contributed by atoms with E-state index in [-0.39, 0.29) is 4.90 Å². The van der Waals surface area contributed by atoms with Gasteiger partial charge in [0.2, 0.25) is 10.0 Å². The van der Waals surface area contributed by atoms with Crippen molar-refractivity contribution in [2.45, 2.75) is 43.1 Å². The van der Waals surface area contributed by atoms with Gasteiger partial charge in [-0.25, -0.2) is 13.6 Å². The Morgan fingerprint density at radius 2 is 1.59 bits per heavy atom. The highest BCUT2D eigenvalue weighted by atomic mass is 32.2. The zero-order valence-corrected chi connectivity index (χ0v) is 17.1. The lowest BCUT2D eigenvalue weighted by atomic mass is 9.89. The molecule has 0 spiro atoms. The Morgan fingerprint density at radius 1 is 0.897 bits per heavy atom. The Balaban J connectivity index is 1.60. The molecule has 3 aromatic carbocycles. The molecule has 2 N–H and O–H groups in total. The van der Waals surface area contributed by atoms with E-state index in [1.165, 1.54) is 12.8 Å². The zero-order chi connectivity index (χ0) is 20.3. The van der Waals surface area contributed by atoms with E-state index < -0.39 is 10.0 Å². The van der Waals surface area contributed by atoms with E-state index >= 15 is 0 Å². The van der Waals surface area contributed by atoms with Gasteiger partial charge in [-0.2, -0.15) is 0 Å². The smallest absolute Gasteiger partial charge is 0.238 e. The molecule has 0 amide bonds. The molecule has 0 aromatic heterocycles. The minimum Gasteiger partial charge on any atom is -0.489 e. The Bertz CT molecular complexity index is 1070. The van der Waals surface area contributed by atoms with Crippen LogP contribution >= 0.6 is 0 Å². The van der Waals surface area contributed by atoms with Crippen LogP contribution in [0.3, 0.4) is 0 Å². The number of nitrogens with two attached hydrogens (primary N) is 1. The molecule has 1 fully saturated rings. The van der Waals surface area contributed by atoms with E-state index in [1.807, 2.05) is 60.7 Å². The molecule has 4 nitrogen and oxygen atoms in total. The van der Waals surface area contributed by atoms with Crippen LogP contribution in [0, 0.1) is 0 Å².